The van der Waals surface area contributed by atoms with Crippen LogP contribution in [0.3, 0.4) is 0 Å². The molecule has 1 aromatic carbocycles. The summed E-state index contributed by atoms with van der Waals surface area (Å²) in [5, 5.41) is 8.62. The average Bonchev–Trinajstić information content (AvgIpc) is 2.46. The van der Waals surface area contributed by atoms with Crippen LogP contribution in [-0.4, -0.2) is 24.1 Å². The Morgan fingerprint density at radius 3 is 2.53 bits per heavy atom. The van der Waals surface area contributed by atoms with Crippen LogP contribution in [0.15, 0.2) is 54.7 Å². The van der Waals surface area contributed by atoms with Crippen molar-refractivity contribution in [1.82, 2.24) is 10.3 Å². The minimum atomic E-state index is -0.214. The standard InChI is InChI=1S/C14H16N4O/c19-14(18-12-6-2-1-3-7-12)17-11-10-16-13-8-4-5-9-15-13/h1-9H,10-11H2,(H,15,16)(H2,17,18,19). The Labute approximate surface area is 112 Å². The molecule has 0 aliphatic carbocycles. The van der Waals surface area contributed by atoms with Crippen LogP contribution in [0.4, 0.5) is 16.3 Å². The number of nitrogens with one attached hydrogen (secondary N) is 3. The topological polar surface area (TPSA) is 66.0 Å². The summed E-state index contributed by atoms with van der Waals surface area (Å²) >= 11 is 0. The third kappa shape index (κ3) is 4.67. The number of nitrogens with zero attached hydrogens (tertiary/aromatic N) is 1. The number of hydrogen-bond donors (Lipinski definition) is 3. The van der Waals surface area contributed by atoms with E-state index in [1.165, 1.54) is 0 Å². The first-order valence-electron chi connectivity index (χ1n) is 6.09. The minimum absolute atomic E-state index is 0.214. The number of pyridine rings is 1. The monoisotopic (exact) mass is 256 g/mol. The van der Waals surface area contributed by atoms with Crippen LogP contribution < -0.4 is 16.0 Å². The molecule has 5 heteroatoms. The minimum Gasteiger partial charge on any atom is -0.368 e. The van der Waals surface area contributed by atoms with Gasteiger partial charge in [-0.15, -0.1) is 0 Å². The molecule has 0 aliphatic rings. The Balaban J connectivity index is 1.65. The lowest BCUT2D eigenvalue weighted by molar-refractivity contribution is 0.252. The molecular formula is C14H16N4O. The van der Waals surface area contributed by atoms with Gasteiger partial charge in [0.2, 0.25) is 0 Å². The molecule has 3 N–H and O–H groups in total. The van der Waals surface area contributed by atoms with Crippen molar-refractivity contribution in [3.63, 3.8) is 0 Å². The number of amides is 2. The molecule has 98 valence electrons. The summed E-state index contributed by atoms with van der Waals surface area (Å²) in [6.07, 6.45) is 1.72. The van der Waals surface area contributed by atoms with Gasteiger partial charge >= 0.3 is 6.03 Å². The third-order valence-electron chi connectivity index (χ3n) is 2.41. The molecule has 2 rings (SSSR count). The smallest absolute Gasteiger partial charge is 0.319 e. The first kappa shape index (κ1) is 12.9. The van der Waals surface area contributed by atoms with E-state index in [4.69, 9.17) is 0 Å². The van der Waals surface area contributed by atoms with E-state index in [9.17, 15) is 4.79 Å². The SMILES string of the molecule is O=C(NCCNc1ccccn1)Nc1ccccc1. The molecule has 0 radical (unpaired) electrons. The van der Waals surface area contributed by atoms with Gasteiger partial charge in [-0.2, -0.15) is 0 Å². The van der Waals surface area contributed by atoms with Crippen molar-refractivity contribution in [2.75, 3.05) is 23.7 Å². The molecule has 0 saturated carbocycles. The second-order valence-electron chi connectivity index (χ2n) is 3.89. The average molecular weight is 256 g/mol. The summed E-state index contributed by atoms with van der Waals surface area (Å²) in [4.78, 5) is 15.7. The van der Waals surface area contributed by atoms with E-state index < -0.39 is 0 Å². The zero-order valence-electron chi connectivity index (χ0n) is 10.5. The number of benzene rings is 1. The number of carbonyl (C=O) groups excluding carboxylic acids is 1. The number of aromatic nitrogens is 1. The highest BCUT2D eigenvalue weighted by Gasteiger charge is 1.99. The van der Waals surface area contributed by atoms with Crippen molar-refractivity contribution in [3.8, 4) is 0 Å². The van der Waals surface area contributed by atoms with Gasteiger partial charge in [0.25, 0.3) is 0 Å². The predicted octanol–water partition coefficient (Wildman–Crippen LogP) is 2.32. The van der Waals surface area contributed by atoms with E-state index in [0.717, 1.165) is 11.5 Å². The van der Waals surface area contributed by atoms with Crippen molar-refractivity contribution in [2.45, 2.75) is 0 Å². The summed E-state index contributed by atoms with van der Waals surface area (Å²) in [6.45, 7) is 1.15. The van der Waals surface area contributed by atoms with Gasteiger partial charge in [0.15, 0.2) is 0 Å². The van der Waals surface area contributed by atoms with E-state index in [2.05, 4.69) is 20.9 Å². The lowest BCUT2D eigenvalue weighted by Gasteiger charge is -2.08. The second-order valence-corrected chi connectivity index (χ2v) is 3.89. The summed E-state index contributed by atoms with van der Waals surface area (Å²) < 4.78 is 0. The molecule has 5 nitrogen and oxygen atoms in total. The van der Waals surface area contributed by atoms with Crippen molar-refractivity contribution >= 4 is 17.5 Å². The quantitative estimate of drug-likeness (QED) is 0.719. The van der Waals surface area contributed by atoms with Crippen LogP contribution in [0.1, 0.15) is 0 Å². The number of para-hydroxylation sites is 1. The lowest BCUT2D eigenvalue weighted by Crippen LogP contribution is -2.32. The van der Waals surface area contributed by atoms with Gasteiger partial charge in [0.05, 0.1) is 0 Å². The van der Waals surface area contributed by atoms with Gasteiger partial charge in [0, 0.05) is 25.0 Å². The summed E-state index contributed by atoms with van der Waals surface area (Å²) in [6, 6.07) is 14.8. The molecule has 0 bridgehead atoms. The number of anilines is 2. The molecule has 0 saturated heterocycles. The molecule has 0 unspecified atom stereocenters. The fourth-order valence-electron chi connectivity index (χ4n) is 1.53. The fraction of sp³-hybridized carbons (Fsp3) is 0.143. The van der Waals surface area contributed by atoms with Crippen molar-refractivity contribution in [2.24, 2.45) is 0 Å². The maximum atomic E-state index is 11.6. The van der Waals surface area contributed by atoms with Gasteiger partial charge in [0.1, 0.15) is 5.82 Å². The Bertz CT molecular complexity index is 501. The van der Waals surface area contributed by atoms with Gasteiger partial charge in [-0.3, -0.25) is 0 Å². The van der Waals surface area contributed by atoms with Crippen LogP contribution in [0.5, 0.6) is 0 Å². The lowest BCUT2D eigenvalue weighted by atomic mass is 10.3. The summed E-state index contributed by atoms with van der Waals surface area (Å²) in [5.74, 6) is 0.799. The maximum absolute atomic E-state index is 11.6. The summed E-state index contributed by atoms with van der Waals surface area (Å²) in [7, 11) is 0. The second kappa shape index (κ2) is 7.00. The number of rotatable bonds is 5. The maximum Gasteiger partial charge on any atom is 0.319 e. The van der Waals surface area contributed by atoms with E-state index >= 15 is 0 Å². The van der Waals surface area contributed by atoms with E-state index in [0.29, 0.717) is 13.1 Å². The molecule has 0 spiro atoms. The normalized spacial score (nSPS) is 9.68. The van der Waals surface area contributed by atoms with E-state index in [-0.39, 0.29) is 6.03 Å². The zero-order chi connectivity index (χ0) is 13.3. The van der Waals surface area contributed by atoms with Crippen LogP contribution in [0.25, 0.3) is 0 Å². The van der Waals surface area contributed by atoms with Gasteiger partial charge in [-0.05, 0) is 24.3 Å². The number of hydrogen-bond acceptors (Lipinski definition) is 3. The van der Waals surface area contributed by atoms with Crippen molar-refractivity contribution < 1.29 is 4.79 Å². The van der Waals surface area contributed by atoms with Crippen LogP contribution in [0.2, 0.25) is 0 Å². The molecule has 1 heterocycles. The van der Waals surface area contributed by atoms with Crippen molar-refractivity contribution in [3.05, 3.63) is 54.7 Å². The van der Waals surface area contributed by atoms with Gasteiger partial charge in [-0.25, -0.2) is 9.78 Å². The molecule has 1 aromatic heterocycles. The van der Waals surface area contributed by atoms with E-state index in [1.54, 1.807) is 6.20 Å². The molecule has 0 aliphatic heterocycles. The largest absolute Gasteiger partial charge is 0.368 e. The number of urea groups is 1. The van der Waals surface area contributed by atoms with Crippen molar-refractivity contribution in [1.29, 1.82) is 0 Å². The molecule has 0 fully saturated rings. The molecule has 19 heavy (non-hydrogen) atoms. The van der Waals surface area contributed by atoms with Gasteiger partial charge < -0.3 is 16.0 Å². The highest BCUT2D eigenvalue weighted by Crippen LogP contribution is 2.04. The van der Waals surface area contributed by atoms with Crippen LogP contribution >= 0.6 is 0 Å². The Morgan fingerprint density at radius 2 is 1.79 bits per heavy atom. The Kier molecular flexibility index (Phi) is 4.75. The Morgan fingerprint density at radius 1 is 1.00 bits per heavy atom. The third-order valence-corrected chi connectivity index (χ3v) is 2.41. The highest BCUT2D eigenvalue weighted by atomic mass is 16.2. The highest BCUT2D eigenvalue weighted by molar-refractivity contribution is 5.89. The summed E-state index contributed by atoms with van der Waals surface area (Å²) in [5.41, 5.74) is 0.776. The molecule has 0 atom stereocenters. The number of carbonyl (C=O) groups is 1. The van der Waals surface area contributed by atoms with Crippen LogP contribution in [-0.2, 0) is 0 Å². The fourth-order valence-corrected chi connectivity index (χ4v) is 1.53. The molecular weight excluding hydrogens is 240 g/mol. The van der Waals surface area contributed by atoms with E-state index in [1.807, 2.05) is 48.5 Å². The molecule has 2 aromatic rings. The predicted molar refractivity (Wildman–Crippen MR) is 76.2 cm³/mol. The first-order chi connectivity index (χ1) is 9.34. The Hall–Kier alpha value is -2.56. The zero-order valence-corrected chi connectivity index (χ0v) is 10.5. The molecule has 2 amide bonds. The van der Waals surface area contributed by atoms with Gasteiger partial charge in [-0.1, -0.05) is 24.3 Å². The van der Waals surface area contributed by atoms with Crippen LogP contribution in [0, 0.1) is 0 Å². The first-order valence-corrected chi connectivity index (χ1v) is 6.09.